The summed E-state index contributed by atoms with van der Waals surface area (Å²) in [5, 5.41) is 15.6. The number of hydrogen-bond donors (Lipinski definition) is 1. The van der Waals surface area contributed by atoms with Crippen LogP contribution < -0.4 is 5.32 Å². The van der Waals surface area contributed by atoms with Crippen LogP contribution in [0.5, 0.6) is 0 Å². The largest absolute Gasteiger partial charge is 0.379 e. The van der Waals surface area contributed by atoms with Crippen LogP contribution in [0.25, 0.3) is 0 Å². The maximum Gasteiger partial charge on any atom is 0.0728 e. The number of anilines is 1. The Morgan fingerprint density at radius 1 is 1.83 bits per heavy atom. The first kappa shape index (κ1) is 8.60. The van der Waals surface area contributed by atoms with Crippen LogP contribution in [0.1, 0.15) is 13.3 Å². The molecule has 0 aliphatic carbocycles. The van der Waals surface area contributed by atoms with Crippen LogP contribution >= 0.6 is 0 Å². The Kier molecular flexibility index (Phi) is 2.70. The quantitative estimate of drug-likeness (QED) is 0.728. The minimum absolute atomic E-state index is 0.180. The number of nitriles is 1. The molecular formula is C8H12N4. The highest BCUT2D eigenvalue weighted by Gasteiger charge is 2.01. The number of nitrogens with zero attached hydrogens (tertiary/aromatic N) is 3. The average molecular weight is 164 g/mol. The maximum atomic E-state index is 8.41. The van der Waals surface area contributed by atoms with E-state index in [0.29, 0.717) is 6.42 Å². The molecule has 0 saturated heterocycles. The second kappa shape index (κ2) is 3.77. The molecule has 0 spiro atoms. The van der Waals surface area contributed by atoms with Crippen LogP contribution in [0.2, 0.25) is 0 Å². The fraction of sp³-hybridized carbons (Fsp3) is 0.500. The van der Waals surface area contributed by atoms with Crippen molar-refractivity contribution in [3.63, 3.8) is 0 Å². The fourth-order valence-corrected chi connectivity index (χ4v) is 0.968. The minimum Gasteiger partial charge on any atom is -0.379 e. The van der Waals surface area contributed by atoms with Crippen molar-refractivity contribution in [2.75, 3.05) is 5.32 Å². The SMILES string of the molecule is CC(CC#N)Nc1cnn(C)c1. The molecule has 0 aliphatic rings. The molecule has 0 fully saturated rings. The minimum atomic E-state index is 0.180. The Morgan fingerprint density at radius 3 is 3.08 bits per heavy atom. The Morgan fingerprint density at radius 2 is 2.58 bits per heavy atom. The van der Waals surface area contributed by atoms with Crippen molar-refractivity contribution in [2.24, 2.45) is 7.05 Å². The number of aryl methyl sites for hydroxylation is 1. The summed E-state index contributed by atoms with van der Waals surface area (Å²) >= 11 is 0. The highest BCUT2D eigenvalue weighted by Crippen LogP contribution is 2.06. The van der Waals surface area contributed by atoms with Crippen LogP contribution in [-0.2, 0) is 7.05 Å². The van der Waals surface area contributed by atoms with Crippen molar-refractivity contribution in [2.45, 2.75) is 19.4 Å². The van der Waals surface area contributed by atoms with Crippen molar-refractivity contribution >= 4 is 5.69 Å². The molecule has 0 bridgehead atoms. The number of rotatable bonds is 3. The number of aromatic nitrogens is 2. The van der Waals surface area contributed by atoms with Gasteiger partial charge in [-0.15, -0.1) is 0 Å². The summed E-state index contributed by atoms with van der Waals surface area (Å²) in [6, 6.07) is 2.28. The molecule has 1 unspecified atom stereocenters. The van der Waals surface area contributed by atoms with Crippen LogP contribution in [-0.4, -0.2) is 15.8 Å². The molecule has 0 aliphatic heterocycles. The van der Waals surface area contributed by atoms with E-state index in [0.717, 1.165) is 5.69 Å². The standard InChI is InChI=1S/C8H12N4/c1-7(3-4-9)11-8-5-10-12(2)6-8/h5-7,11H,3H2,1-2H3. The molecule has 12 heavy (non-hydrogen) atoms. The van der Waals surface area contributed by atoms with Crippen molar-refractivity contribution in [1.29, 1.82) is 5.26 Å². The first-order valence-corrected chi connectivity index (χ1v) is 3.84. The van der Waals surface area contributed by atoms with E-state index < -0.39 is 0 Å². The lowest BCUT2D eigenvalue weighted by Gasteiger charge is -2.08. The summed E-state index contributed by atoms with van der Waals surface area (Å²) in [5.74, 6) is 0. The molecule has 1 N–H and O–H groups in total. The van der Waals surface area contributed by atoms with Gasteiger partial charge in [-0.3, -0.25) is 4.68 Å². The zero-order valence-corrected chi connectivity index (χ0v) is 7.28. The van der Waals surface area contributed by atoms with Crippen LogP contribution in [0, 0.1) is 11.3 Å². The Balaban J connectivity index is 2.47. The normalized spacial score (nSPS) is 12.1. The smallest absolute Gasteiger partial charge is 0.0728 e. The lowest BCUT2D eigenvalue weighted by atomic mass is 10.2. The fourth-order valence-electron chi connectivity index (χ4n) is 0.968. The van der Waals surface area contributed by atoms with E-state index in [1.807, 2.05) is 20.2 Å². The summed E-state index contributed by atoms with van der Waals surface area (Å²) < 4.78 is 1.72. The van der Waals surface area contributed by atoms with Crippen LogP contribution in [0.3, 0.4) is 0 Å². The third kappa shape index (κ3) is 2.27. The number of nitrogens with one attached hydrogen (secondary N) is 1. The topological polar surface area (TPSA) is 53.6 Å². The van der Waals surface area contributed by atoms with Gasteiger partial charge in [-0.25, -0.2) is 0 Å². The van der Waals surface area contributed by atoms with E-state index in [1.54, 1.807) is 10.9 Å². The third-order valence-electron chi connectivity index (χ3n) is 1.52. The molecule has 0 saturated carbocycles. The summed E-state index contributed by atoms with van der Waals surface area (Å²) in [4.78, 5) is 0. The zero-order valence-electron chi connectivity index (χ0n) is 7.28. The number of hydrogen-bond acceptors (Lipinski definition) is 3. The van der Waals surface area contributed by atoms with Gasteiger partial charge < -0.3 is 5.32 Å². The monoisotopic (exact) mass is 164 g/mol. The van der Waals surface area contributed by atoms with Crippen molar-refractivity contribution in [3.8, 4) is 6.07 Å². The molecule has 4 heteroatoms. The highest BCUT2D eigenvalue weighted by molar-refractivity contribution is 5.39. The van der Waals surface area contributed by atoms with Gasteiger partial charge in [0.25, 0.3) is 0 Å². The average Bonchev–Trinajstić information content (AvgIpc) is 2.36. The summed E-state index contributed by atoms with van der Waals surface area (Å²) in [6.07, 6.45) is 4.14. The Hall–Kier alpha value is -1.50. The van der Waals surface area contributed by atoms with Gasteiger partial charge in [0, 0.05) is 19.3 Å². The summed E-state index contributed by atoms with van der Waals surface area (Å²) in [7, 11) is 1.86. The molecule has 1 rings (SSSR count). The lowest BCUT2D eigenvalue weighted by Crippen LogP contribution is -2.13. The predicted molar refractivity (Wildman–Crippen MR) is 46.5 cm³/mol. The molecule has 64 valence electrons. The van der Waals surface area contributed by atoms with Crippen molar-refractivity contribution < 1.29 is 0 Å². The second-order valence-corrected chi connectivity index (χ2v) is 2.81. The summed E-state index contributed by atoms with van der Waals surface area (Å²) in [6.45, 7) is 1.97. The summed E-state index contributed by atoms with van der Waals surface area (Å²) in [5.41, 5.74) is 0.959. The Bertz CT molecular complexity index is 283. The lowest BCUT2D eigenvalue weighted by molar-refractivity contribution is 0.767. The van der Waals surface area contributed by atoms with Crippen LogP contribution in [0.15, 0.2) is 12.4 Å². The van der Waals surface area contributed by atoms with Gasteiger partial charge in [-0.2, -0.15) is 10.4 Å². The van der Waals surface area contributed by atoms with Gasteiger partial charge in [0.1, 0.15) is 0 Å². The first-order valence-electron chi connectivity index (χ1n) is 3.84. The molecule has 4 nitrogen and oxygen atoms in total. The van der Waals surface area contributed by atoms with Gasteiger partial charge in [0.2, 0.25) is 0 Å². The van der Waals surface area contributed by atoms with Crippen LogP contribution in [0.4, 0.5) is 5.69 Å². The molecule has 0 aromatic carbocycles. The van der Waals surface area contributed by atoms with Gasteiger partial charge in [-0.05, 0) is 6.92 Å². The molecule has 1 aromatic rings. The van der Waals surface area contributed by atoms with Gasteiger partial charge in [0.05, 0.1) is 24.4 Å². The van der Waals surface area contributed by atoms with E-state index in [4.69, 9.17) is 5.26 Å². The van der Waals surface area contributed by atoms with E-state index in [9.17, 15) is 0 Å². The van der Waals surface area contributed by atoms with E-state index in [-0.39, 0.29) is 6.04 Å². The molecular weight excluding hydrogens is 152 g/mol. The highest BCUT2D eigenvalue weighted by atomic mass is 15.3. The third-order valence-corrected chi connectivity index (χ3v) is 1.52. The predicted octanol–water partition coefficient (Wildman–Crippen LogP) is 1.13. The molecule has 1 heterocycles. The van der Waals surface area contributed by atoms with Gasteiger partial charge in [-0.1, -0.05) is 0 Å². The van der Waals surface area contributed by atoms with Gasteiger partial charge in [0.15, 0.2) is 0 Å². The zero-order chi connectivity index (χ0) is 8.97. The molecule has 1 atom stereocenters. The molecule has 0 radical (unpaired) electrons. The molecule has 1 aromatic heterocycles. The second-order valence-electron chi connectivity index (χ2n) is 2.81. The molecule has 0 amide bonds. The van der Waals surface area contributed by atoms with Crippen molar-refractivity contribution in [3.05, 3.63) is 12.4 Å². The van der Waals surface area contributed by atoms with E-state index >= 15 is 0 Å². The maximum absolute atomic E-state index is 8.41. The Labute approximate surface area is 71.8 Å². The van der Waals surface area contributed by atoms with E-state index in [1.165, 1.54) is 0 Å². The first-order chi connectivity index (χ1) is 5.72. The van der Waals surface area contributed by atoms with Crippen molar-refractivity contribution in [1.82, 2.24) is 9.78 Å². The van der Waals surface area contributed by atoms with Gasteiger partial charge >= 0.3 is 0 Å². The van der Waals surface area contributed by atoms with E-state index in [2.05, 4.69) is 16.5 Å².